The molecule has 2 aromatic carbocycles. The third-order valence-corrected chi connectivity index (χ3v) is 6.66. The zero-order valence-electron chi connectivity index (χ0n) is 22.5. The Labute approximate surface area is 229 Å². The molecule has 0 aliphatic heterocycles. The summed E-state index contributed by atoms with van der Waals surface area (Å²) < 4.78 is 68.2. The second-order valence-corrected chi connectivity index (χ2v) is 10.5. The monoisotopic (exact) mass is 561 g/mol. The fourth-order valence-electron chi connectivity index (χ4n) is 3.98. The van der Waals surface area contributed by atoms with Crippen molar-refractivity contribution in [2.45, 2.75) is 57.0 Å². The van der Waals surface area contributed by atoms with Crippen LogP contribution in [-0.4, -0.2) is 41.9 Å². The summed E-state index contributed by atoms with van der Waals surface area (Å²) in [4.78, 5) is 17.0. The average Bonchev–Trinajstić information content (AvgIpc) is 3.71. The normalized spacial score (nSPS) is 15.3. The minimum absolute atomic E-state index is 0.0109. The van der Waals surface area contributed by atoms with Crippen molar-refractivity contribution in [3.05, 3.63) is 76.7 Å². The number of aryl methyl sites for hydroxylation is 1. The number of benzene rings is 2. The van der Waals surface area contributed by atoms with E-state index in [0.29, 0.717) is 11.3 Å². The van der Waals surface area contributed by atoms with Crippen LogP contribution in [0.1, 0.15) is 53.9 Å². The number of carbonyl (C=O) groups excluding carboxylic acids is 1. The zero-order chi connectivity index (χ0) is 29.5. The van der Waals surface area contributed by atoms with E-state index >= 15 is 0 Å². The van der Waals surface area contributed by atoms with E-state index in [0.717, 1.165) is 18.9 Å². The smallest absolute Gasteiger partial charge is 0.424 e. The predicted octanol–water partition coefficient (Wildman–Crippen LogP) is 5.12. The second kappa shape index (κ2) is 10.7. The molecule has 1 fully saturated rings. The lowest BCUT2D eigenvalue weighted by molar-refractivity contribution is -0.265. The molecule has 1 saturated carbocycles. The van der Waals surface area contributed by atoms with Gasteiger partial charge < -0.3 is 25.6 Å². The Morgan fingerprint density at radius 1 is 1.10 bits per heavy atom. The number of hydrogen-bond acceptors (Lipinski definition) is 6. The standard InChI is InChI=1S/C29H31F4N3O4/c1-16-11-17(5-9-21(16)30)22-13-19(27(2,3)34)14-25(36-22)28(38,29(31,32)33)15-35-26(37)18-6-10-23(24(12-18)39-4)40-20-7-8-20/h5-6,9-14,20,38H,7-8,15,34H2,1-4H3,(H,35,37). The number of rotatable bonds is 9. The van der Waals surface area contributed by atoms with Crippen molar-refractivity contribution in [2.75, 3.05) is 13.7 Å². The Kier molecular flexibility index (Phi) is 7.83. The van der Waals surface area contributed by atoms with E-state index in [1.807, 2.05) is 0 Å². The Hall–Kier alpha value is -3.70. The van der Waals surface area contributed by atoms with Crippen LogP contribution >= 0.6 is 0 Å². The van der Waals surface area contributed by atoms with Crippen LogP contribution in [0.5, 0.6) is 11.5 Å². The van der Waals surface area contributed by atoms with Crippen LogP contribution in [0.4, 0.5) is 17.6 Å². The van der Waals surface area contributed by atoms with Crippen LogP contribution in [-0.2, 0) is 11.1 Å². The first-order valence-corrected chi connectivity index (χ1v) is 12.6. The van der Waals surface area contributed by atoms with Gasteiger partial charge in [-0.25, -0.2) is 9.37 Å². The van der Waals surface area contributed by atoms with Gasteiger partial charge in [0.1, 0.15) is 5.82 Å². The number of nitrogens with zero attached hydrogens (tertiary/aromatic N) is 1. The number of nitrogens with two attached hydrogens (primary N) is 1. The van der Waals surface area contributed by atoms with Gasteiger partial charge >= 0.3 is 6.18 Å². The molecule has 1 aliphatic carbocycles. The number of pyridine rings is 1. The molecule has 1 amide bonds. The zero-order valence-corrected chi connectivity index (χ0v) is 22.5. The minimum Gasteiger partial charge on any atom is -0.493 e. The van der Waals surface area contributed by atoms with Crippen molar-refractivity contribution in [3.63, 3.8) is 0 Å². The number of aliphatic hydroxyl groups is 1. The van der Waals surface area contributed by atoms with E-state index in [-0.39, 0.29) is 34.2 Å². The molecule has 0 radical (unpaired) electrons. The molecule has 0 saturated heterocycles. The van der Waals surface area contributed by atoms with Crippen molar-refractivity contribution in [3.8, 4) is 22.8 Å². The van der Waals surface area contributed by atoms with Crippen LogP contribution in [0.15, 0.2) is 48.5 Å². The van der Waals surface area contributed by atoms with Crippen molar-refractivity contribution in [2.24, 2.45) is 5.73 Å². The molecule has 4 N–H and O–H groups in total. The Morgan fingerprint density at radius 2 is 1.80 bits per heavy atom. The number of nitrogens with one attached hydrogen (secondary N) is 1. The van der Waals surface area contributed by atoms with E-state index in [9.17, 15) is 27.5 Å². The highest BCUT2D eigenvalue weighted by Gasteiger charge is 2.56. The number of ether oxygens (including phenoxy) is 2. The van der Waals surface area contributed by atoms with E-state index in [4.69, 9.17) is 15.2 Å². The van der Waals surface area contributed by atoms with Gasteiger partial charge in [0.05, 0.1) is 31.1 Å². The molecule has 40 heavy (non-hydrogen) atoms. The summed E-state index contributed by atoms with van der Waals surface area (Å²) in [6, 6.07) is 10.8. The van der Waals surface area contributed by atoms with Gasteiger partial charge in [0.25, 0.3) is 5.91 Å². The van der Waals surface area contributed by atoms with Crippen LogP contribution in [0.25, 0.3) is 11.3 Å². The largest absolute Gasteiger partial charge is 0.493 e. The first kappa shape index (κ1) is 29.3. The number of methoxy groups -OCH3 is 1. The summed E-state index contributed by atoms with van der Waals surface area (Å²) >= 11 is 0. The quantitative estimate of drug-likeness (QED) is 0.313. The first-order valence-electron chi connectivity index (χ1n) is 12.6. The van der Waals surface area contributed by atoms with Crippen molar-refractivity contribution in [1.82, 2.24) is 10.3 Å². The van der Waals surface area contributed by atoms with Crippen molar-refractivity contribution in [1.29, 1.82) is 0 Å². The predicted molar refractivity (Wildman–Crippen MR) is 141 cm³/mol. The Bertz CT molecular complexity index is 1420. The topological polar surface area (TPSA) is 107 Å². The summed E-state index contributed by atoms with van der Waals surface area (Å²) in [5.41, 5.74) is 1.67. The summed E-state index contributed by atoms with van der Waals surface area (Å²) in [6.45, 7) is 3.45. The molecule has 11 heteroatoms. The fourth-order valence-corrected chi connectivity index (χ4v) is 3.98. The average molecular weight is 562 g/mol. The van der Waals surface area contributed by atoms with E-state index in [2.05, 4.69) is 10.3 Å². The van der Waals surface area contributed by atoms with E-state index < -0.39 is 41.3 Å². The Morgan fingerprint density at radius 3 is 2.38 bits per heavy atom. The number of aromatic nitrogens is 1. The lowest BCUT2D eigenvalue weighted by Gasteiger charge is -2.32. The molecular formula is C29H31F4N3O4. The summed E-state index contributed by atoms with van der Waals surface area (Å²) in [6.07, 6.45) is -3.36. The maximum absolute atomic E-state index is 14.5. The highest BCUT2D eigenvalue weighted by molar-refractivity contribution is 5.95. The van der Waals surface area contributed by atoms with Crippen molar-refractivity contribution < 1.29 is 36.9 Å². The Balaban J connectivity index is 1.69. The SMILES string of the molecule is COc1cc(C(=O)NCC(O)(c2cc(C(C)(C)N)cc(-c3ccc(F)c(C)c3)n2)C(F)(F)F)ccc1OC1CC1. The number of hydrogen-bond donors (Lipinski definition) is 3. The highest BCUT2D eigenvalue weighted by Crippen LogP contribution is 2.40. The molecule has 3 aromatic rings. The summed E-state index contributed by atoms with van der Waals surface area (Å²) in [7, 11) is 1.39. The molecule has 214 valence electrons. The second-order valence-electron chi connectivity index (χ2n) is 10.5. The molecular weight excluding hydrogens is 530 g/mol. The van der Waals surface area contributed by atoms with Gasteiger partial charge in [-0.1, -0.05) is 0 Å². The number of carbonyl (C=O) groups is 1. The molecule has 1 atom stereocenters. The molecule has 0 spiro atoms. The van der Waals surface area contributed by atoms with Crippen LogP contribution < -0.4 is 20.5 Å². The maximum atomic E-state index is 14.5. The van der Waals surface area contributed by atoms with Gasteiger partial charge in [0.2, 0.25) is 5.60 Å². The molecule has 0 bridgehead atoms. The lowest BCUT2D eigenvalue weighted by Crippen LogP contribution is -2.51. The number of amides is 1. The third kappa shape index (κ3) is 6.20. The molecule has 1 heterocycles. The minimum atomic E-state index is -5.24. The van der Waals surface area contributed by atoms with Gasteiger partial charge in [-0.15, -0.1) is 0 Å². The maximum Gasteiger partial charge on any atom is 0.424 e. The van der Waals surface area contributed by atoms with E-state index in [1.165, 1.54) is 56.5 Å². The van der Waals surface area contributed by atoms with Gasteiger partial charge in [0.15, 0.2) is 11.5 Å². The summed E-state index contributed by atoms with van der Waals surface area (Å²) in [5.74, 6) is -0.687. The van der Waals surface area contributed by atoms with Gasteiger partial charge in [-0.2, -0.15) is 13.2 Å². The van der Waals surface area contributed by atoms with Crippen LogP contribution in [0.3, 0.4) is 0 Å². The van der Waals surface area contributed by atoms with E-state index in [1.54, 1.807) is 13.8 Å². The van der Waals surface area contributed by atoms with Crippen LogP contribution in [0, 0.1) is 12.7 Å². The van der Waals surface area contributed by atoms with Crippen LogP contribution in [0.2, 0.25) is 0 Å². The van der Waals surface area contributed by atoms with Gasteiger partial charge in [-0.05, 0) is 93.3 Å². The first-order chi connectivity index (χ1) is 18.6. The molecule has 4 rings (SSSR count). The van der Waals surface area contributed by atoms with Gasteiger partial charge in [-0.3, -0.25) is 4.79 Å². The van der Waals surface area contributed by atoms with Crippen molar-refractivity contribution >= 4 is 5.91 Å². The lowest BCUT2D eigenvalue weighted by atomic mass is 9.89. The number of alkyl halides is 3. The molecule has 1 unspecified atom stereocenters. The molecule has 1 aliphatic rings. The highest BCUT2D eigenvalue weighted by atomic mass is 19.4. The number of halogens is 4. The van der Waals surface area contributed by atoms with Gasteiger partial charge in [0, 0.05) is 16.7 Å². The fraction of sp³-hybridized carbons (Fsp3) is 0.379. The third-order valence-electron chi connectivity index (χ3n) is 6.66. The summed E-state index contributed by atoms with van der Waals surface area (Å²) in [5, 5.41) is 13.3. The molecule has 1 aromatic heterocycles. The molecule has 7 nitrogen and oxygen atoms in total.